The molecule has 0 spiro atoms. The molecule has 2 atom stereocenters. The normalized spacial score (nSPS) is 20.6. The molecule has 0 unspecified atom stereocenters. The highest BCUT2D eigenvalue weighted by Crippen LogP contribution is 2.59. The molecule has 1 fully saturated rings. The maximum atomic E-state index is 13.9. The molecule has 0 aliphatic carbocycles. The quantitative estimate of drug-likeness (QED) is 0.459. The summed E-state index contributed by atoms with van der Waals surface area (Å²) in [7, 11) is 1.40. The number of hydrogen-bond donors (Lipinski definition) is 0. The Labute approximate surface area is 170 Å². The lowest BCUT2D eigenvalue weighted by Gasteiger charge is -2.16. The fraction of sp³-hybridized carbons (Fsp3) is 0.211. The van der Waals surface area contributed by atoms with Crippen LogP contribution in [0.15, 0.2) is 54.9 Å². The molecule has 0 N–H and O–H groups in total. The summed E-state index contributed by atoms with van der Waals surface area (Å²) in [6.07, 6.45) is 0.953. The third kappa shape index (κ3) is 3.46. The van der Waals surface area contributed by atoms with Crippen LogP contribution in [0.4, 0.5) is 4.39 Å². The Kier molecular flexibility index (Phi) is 5.01. The second-order valence-electron chi connectivity index (χ2n) is 6.18. The Bertz CT molecular complexity index is 1030. The highest BCUT2D eigenvalue weighted by atomic mass is 35.5. The molecule has 28 heavy (non-hydrogen) atoms. The molecule has 144 valence electrons. The number of ether oxygens (including phenoxy) is 3. The van der Waals surface area contributed by atoms with Crippen molar-refractivity contribution in [1.29, 1.82) is 0 Å². The summed E-state index contributed by atoms with van der Waals surface area (Å²) in [6, 6.07) is 13.8. The van der Waals surface area contributed by atoms with Crippen molar-refractivity contribution in [2.45, 2.75) is 18.2 Å². The third-order valence-corrected chi connectivity index (χ3v) is 5.10. The number of methoxy groups -OCH3 is 1. The average molecular weight is 420 g/mol. The number of thiocarbonyl (C=S) groups is 1. The number of epoxide rings is 1. The van der Waals surface area contributed by atoms with Crippen LogP contribution in [-0.4, -0.2) is 27.1 Å². The van der Waals surface area contributed by atoms with Gasteiger partial charge in [0.05, 0.1) is 13.7 Å². The topological polar surface area (TPSA) is 61.7 Å². The third-order valence-electron chi connectivity index (χ3n) is 4.50. The molecule has 1 saturated heterocycles. The van der Waals surface area contributed by atoms with E-state index >= 15 is 0 Å². The van der Waals surface area contributed by atoms with Gasteiger partial charge in [-0.15, -0.1) is 0 Å². The van der Waals surface area contributed by atoms with Gasteiger partial charge in [0.1, 0.15) is 23.8 Å². The van der Waals surface area contributed by atoms with Crippen LogP contribution < -0.4 is 4.74 Å². The first kappa shape index (κ1) is 18.8. The Morgan fingerprint density at radius 2 is 2.14 bits per heavy atom. The number of aromatic nitrogens is 3. The van der Waals surface area contributed by atoms with Crippen molar-refractivity contribution in [3.63, 3.8) is 0 Å². The lowest BCUT2D eigenvalue weighted by atomic mass is 9.91. The van der Waals surface area contributed by atoms with Gasteiger partial charge in [0.25, 0.3) is 0 Å². The van der Waals surface area contributed by atoms with Gasteiger partial charge in [0, 0.05) is 22.8 Å². The van der Waals surface area contributed by atoms with Crippen LogP contribution in [-0.2, 0) is 21.6 Å². The van der Waals surface area contributed by atoms with Crippen molar-refractivity contribution >= 4 is 29.1 Å². The molecule has 1 aromatic heterocycles. The second-order valence-corrected chi connectivity index (χ2v) is 6.92. The van der Waals surface area contributed by atoms with Crippen molar-refractivity contribution < 1.29 is 18.6 Å². The average Bonchev–Trinajstić information content (AvgIpc) is 3.26. The second kappa shape index (κ2) is 7.46. The minimum atomic E-state index is -0.881. The van der Waals surface area contributed by atoms with Crippen molar-refractivity contribution in [3.05, 3.63) is 76.8 Å². The van der Waals surface area contributed by atoms with Crippen LogP contribution in [0, 0.1) is 5.82 Å². The summed E-state index contributed by atoms with van der Waals surface area (Å²) in [5.74, 6) is -0.360. The molecule has 2 heterocycles. The van der Waals surface area contributed by atoms with Crippen LogP contribution in [0.5, 0.6) is 6.01 Å². The maximum absolute atomic E-state index is 13.9. The van der Waals surface area contributed by atoms with Crippen LogP contribution in [0.1, 0.15) is 17.2 Å². The van der Waals surface area contributed by atoms with Gasteiger partial charge in [-0.05, 0) is 23.8 Å². The molecule has 3 aromatic rings. The van der Waals surface area contributed by atoms with Crippen molar-refractivity contribution in [2.75, 3.05) is 7.11 Å². The summed E-state index contributed by atoms with van der Waals surface area (Å²) in [4.78, 5) is 4.05. The van der Waals surface area contributed by atoms with Crippen molar-refractivity contribution in [3.8, 4) is 6.01 Å². The number of rotatable bonds is 5. The zero-order chi connectivity index (χ0) is 19.7. The molecule has 9 heteroatoms. The molecule has 6 nitrogen and oxygen atoms in total. The first-order chi connectivity index (χ1) is 13.5. The fourth-order valence-electron chi connectivity index (χ4n) is 3.14. The lowest BCUT2D eigenvalue weighted by Crippen LogP contribution is -2.22. The van der Waals surface area contributed by atoms with Gasteiger partial charge in [-0.2, -0.15) is 10.1 Å². The van der Waals surface area contributed by atoms with Crippen LogP contribution in [0.3, 0.4) is 0 Å². The van der Waals surface area contributed by atoms with Crippen molar-refractivity contribution in [1.82, 2.24) is 14.8 Å². The molecule has 0 saturated carbocycles. The lowest BCUT2D eigenvalue weighted by molar-refractivity contribution is 0.245. The Morgan fingerprint density at radius 1 is 1.32 bits per heavy atom. The first-order valence-corrected chi connectivity index (χ1v) is 9.14. The highest BCUT2D eigenvalue weighted by Gasteiger charge is 2.60. The predicted molar refractivity (Wildman–Crippen MR) is 104 cm³/mol. The van der Waals surface area contributed by atoms with E-state index < -0.39 is 5.60 Å². The molecule has 0 amide bonds. The van der Waals surface area contributed by atoms with Gasteiger partial charge >= 0.3 is 11.2 Å². The molecular formula is C19H15ClFN3O3S. The van der Waals surface area contributed by atoms with Gasteiger partial charge in [-0.3, -0.25) is 0 Å². The number of nitrogens with zero attached hydrogens (tertiary/aromatic N) is 3. The summed E-state index contributed by atoms with van der Waals surface area (Å²) >= 11 is 11.3. The van der Waals surface area contributed by atoms with Gasteiger partial charge in [-0.25, -0.2) is 9.07 Å². The highest BCUT2D eigenvalue weighted by molar-refractivity contribution is 7.79. The summed E-state index contributed by atoms with van der Waals surface area (Å²) in [6.45, 7) is 0.216. The maximum Gasteiger partial charge on any atom is 0.360 e. The van der Waals surface area contributed by atoms with Gasteiger partial charge < -0.3 is 14.2 Å². The van der Waals surface area contributed by atoms with Gasteiger partial charge in [-0.1, -0.05) is 41.9 Å². The largest absolute Gasteiger partial charge is 0.460 e. The van der Waals surface area contributed by atoms with E-state index in [1.165, 1.54) is 30.3 Å². The Hall–Kier alpha value is -2.55. The van der Waals surface area contributed by atoms with E-state index in [2.05, 4.69) is 10.1 Å². The minimum absolute atomic E-state index is 0.0894. The SMILES string of the molecule is COC(=S)Oc1ncnn1C[C@]1(c2cccc(F)c2)O[C@@H]1c1ccccc1Cl. The van der Waals surface area contributed by atoms with Gasteiger partial charge in [0.2, 0.25) is 0 Å². The minimum Gasteiger partial charge on any atom is -0.460 e. The van der Waals surface area contributed by atoms with Crippen LogP contribution >= 0.6 is 23.8 Å². The zero-order valence-electron chi connectivity index (χ0n) is 14.7. The Morgan fingerprint density at radius 3 is 2.89 bits per heavy atom. The molecule has 1 aliphatic rings. The van der Waals surface area contributed by atoms with Crippen LogP contribution in [0.25, 0.3) is 0 Å². The fourth-order valence-corrected chi connectivity index (χ4v) is 3.45. The van der Waals surface area contributed by atoms with Gasteiger partial charge in [0.15, 0.2) is 0 Å². The van der Waals surface area contributed by atoms with E-state index in [1.807, 2.05) is 18.2 Å². The Balaban J connectivity index is 1.72. The zero-order valence-corrected chi connectivity index (χ0v) is 16.3. The van der Waals surface area contributed by atoms with Crippen molar-refractivity contribution in [2.24, 2.45) is 0 Å². The first-order valence-electron chi connectivity index (χ1n) is 8.35. The number of halogens is 2. The molecule has 4 rings (SSSR count). The molecule has 1 aliphatic heterocycles. The van der Waals surface area contributed by atoms with E-state index in [4.69, 9.17) is 38.0 Å². The number of hydrogen-bond acceptors (Lipinski definition) is 6. The summed E-state index contributed by atoms with van der Waals surface area (Å²) in [5, 5.41) is 4.67. The summed E-state index contributed by atoms with van der Waals surface area (Å²) in [5.41, 5.74) is 0.588. The van der Waals surface area contributed by atoms with E-state index in [0.29, 0.717) is 10.6 Å². The molecule has 0 radical (unpaired) electrons. The molecular weight excluding hydrogens is 405 g/mol. The van der Waals surface area contributed by atoms with E-state index in [0.717, 1.165) is 5.56 Å². The standard InChI is InChI=1S/C19H15ClFN3O3S/c1-25-18(28)26-17-22-11-23-24(17)10-19(12-5-4-6-13(21)9-12)16(27-19)14-7-2-3-8-15(14)20/h2-9,11,16H,10H2,1H3/t16-,19-/m1/s1. The van der Waals surface area contributed by atoms with E-state index in [1.54, 1.807) is 18.2 Å². The van der Waals surface area contributed by atoms with E-state index in [-0.39, 0.29) is 29.7 Å². The van der Waals surface area contributed by atoms with E-state index in [9.17, 15) is 4.39 Å². The predicted octanol–water partition coefficient (Wildman–Crippen LogP) is 4.05. The molecule has 2 aromatic carbocycles. The summed E-state index contributed by atoms with van der Waals surface area (Å²) < 4.78 is 31.8. The number of benzene rings is 2. The monoisotopic (exact) mass is 419 g/mol. The molecule has 0 bridgehead atoms. The smallest absolute Gasteiger partial charge is 0.360 e. The van der Waals surface area contributed by atoms with Crippen LogP contribution in [0.2, 0.25) is 5.02 Å².